The van der Waals surface area contributed by atoms with E-state index in [4.69, 9.17) is 11.6 Å². The van der Waals surface area contributed by atoms with Gasteiger partial charge >= 0.3 is 0 Å². The molecule has 0 N–H and O–H groups in total. The number of alkyl halides is 1. The molecule has 1 aromatic carbocycles. The second kappa shape index (κ2) is 8.49. The Bertz CT molecular complexity index is 566. The standard InChI is InChI=1S/C19H26ClNO2/c1-3-14(4-2)19(23)21-12-6-7-15-13-16(9-10-17(15)21)18(22)8-5-11-20/h9-10,13-14H,3-8,11-12H2,1-2H3. The van der Waals surface area contributed by atoms with Crippen LogP contribution in [0, 0.1) is 5.92 Å². The number of hydrogen-bond donors (Lipinski definition) is 0. The number of carbonyl (C=O) groups excluding carboxylic acids is 2. The molecule has 23 heavy (non-hydrogen) atoms. The van der Waals surface area contributed by atoms with Gasteiger partial charge in [-0.25, -0.2) is 0 Å². The summed E-state index contributed by atoms with van der Waals surface area (Å²) in [6.07, 6.45) is 4.82. The molecule has 1 aliphatic heterocycles. The summed E-state index contributed by atoms with van der Waals surface area (Å²) in [4.78, 5) is 26.8. The highest BCUT2D eigenvalue weighted by atomic mass is 35.5. The van der Waals surface area contributed by atoms with Crippen LogP contribution in [0.15, 0.2) is 18.2 Å². The van der Waals surface area contributed by atoms with E-state index >= 15 is 0 Å². The van der Waals surface area contributed by atoms with Crippen LogP contribution in [0.3, 0.4) is 0 Å². The number of rotatable bonds is 7. The molecule has 0 aliphatic carbocycles. The number of ketones is 1. The van der Waals surface area contributed by atoms with Crippen molar-refractivity contribution in [3.05, 3.63) is 29.3 Å². The summed E-state index contributed by atoms with van der Waals surface area (Å²) in [7, 11) is 0. The van der Waals surface area contributed by atoms with Gasteiger partial charge in [0.2, 0.25) is 5.91 Å². The number of halogens is 1. The fourth-order valence-corrected chi connectivity index (χ4v) is 3.36. The summed E-state index contributed by atoms with van der Waals surface area (Å²) in [5.41, 5.74) is 2.85. The van der Waals surface area contributed by atoms with Crippen LogP contribution in [0.25, 0.3) is 0 Å². The van der Waals surface area contributed by atoms with Gasteiger partial charge < -0.3 is 4.90 Å². The number of aryl methyl sites for hydroxylation is 1. The first-order valence-corrected chi connectivity index (χ1v) is 9.19. The molecule has 1 amide bonds. The van der Waals surface area contributed by atoms with Crippen LogP contribution in [0.5, 0.6) is 0 Å². The molecule has 0 atom stereocenters. The molecule has 2 rings (SSSR count). The molecule has 0 saturated heterocycles. The van der Waals surface area contributed by atoms with E-state index in [0.717, 1.165) is 49.0 Å². The molecule has 3 nitrogen and oxygen atoms in total. The lowest BCUT2D eigenvalue weighted by Gasteiger charge is -2.32. The summed E-state index contributed by atoms with van der Waals surface area (Å²) in [5, 5.41) is 0. The second-order valence-electron chi connectivity index (χ2n) is 6.17. The van der Waals surface area contributed by atoms with E-state index in [2.05, 4.69) is 13.8 Å². The Labute approximate surface area is 144 Å². The molecule has 0 aromatic heterocycles. The molecule has 1 aliphatic rings. The summed E-state index contributed by atoms with van der Waals surface area (Å²) in [6, 6.07) is 5.77. The van der Waals surface area contributed by atoms with Gasteiger partial charge in [-0.3, -0.25) is 9.59 Å². The first-order valence-electron chi connectivity index (χ1n) is 8.65. The number of amides is 1. The Morgan fingerprint density at radius 3 is 2.65 bits per heavy atom. The number of nitrogens with zero attached hydrogens (tertiary/aromatic N) is 1. The summed E-state index contributed by atoms with van der Waals surface area (Å²) in [6.45, 7) is 4.91. The predicted octanol–water partition coefficient (Wildman–Crippen LogP) is 4.60. The monoisotopic (exact) mass is 335 g/mol. The van der Waals surface area contributed by atoms with Gasteiger partial charge in [0.05, 0.1) is 0 Å². The lowest BCUT2D eigenvalue weighted by Crippen LogP contribution is -2.39. The van der Waals surface area contributed by atoms with Gasteiger partial charge in [0, 0.05) is 36.0 Å². The molecule has 0 fully saturated rings. The topological polar surface area (TPSA) is 37.4 Å². The highest BCUT2D eigenvalue weighted by Crippen LogP contribution is 2.30. The third kappa shape index (κ3) is 4.14. The van der Waals surface area contributed by atoms with E-state index in [-0.39, 0.29) is 17.6 Å². The SMILES string of the molecule is CCC(CC)C(=O)N1CCCc2cc(C(=O)CCCCl)ccc21. The lowest BCUT2D eigenvalue weighted by atomic mass is 9.94. The van der Waals surface area contributed by atoms with Gasteiger partial charge in [0.25, 0.3) is 0 Å². The number of carbonyl (C=O) groups is 2. The minimum atomic E-state index is 0.0889. The summed E-state index contributed by atoms with van der Waals surface area (Å²) < 4.78 is 0. The van der Waals surface area contributed by atoms with Crippen LogP contribution in [-0.2, 0) is 11.2 Å². The van der Waals surface area contributed by atoms with Crippen molar-refractivity contribution in [1.29, 1.82) is 0 Å². The Hall–Kier alpha value is -1.35. The average molecular weight is 336 g/mol. The fourth-order valence-electron chi connectivity index (χ4n) is 3.23. The van der Waals surface area contributed by atoms with Crippen molar-refractivity contribution < 1.29 is 9.59 Å². The third-order valence-electron chi connectivity index (χ3n) is 4.66. The maximum Gasteiger partial charge on any atom is 0.230 e. The van der Waals surface area contributed by atoms with E-state index in [1.54, 1.807) is 0 Å². The van der Waals surface area contributed by atoms with E-state index < -0.39 is 0 Å². The Balaban J connectivity index is 2.23. The molecular formula is C19H26ClNO2. The van der Waals surface area contributed by atoms with Crippen molar-refractivity contribution in [3.63, 3.8) is 0 Å². The number of hydrogen-bond acceptors (Lipinski definition) is 2. The van der Waals surface area contributed by atoms with Crippen molar-refractivity contribution in [2.75, 3.05) is 17.3 Å². The molecule has 0 radical (unpaired) electrons. The zero-order valence-electron chi connectivity index (χ0n) is 14.1. The molecule has 1 aromatic rings. The molecule has 0 spiro atoms. The highest BCUT2D eigenvalue weighted by Gasteiger charge is 2.27. The van der Waals surface area contributed by atoms with Crippen LogP contribution in [0.4, 0.5) is 5.69 Å². The van der Waals surface area contributed by atoms with Gasteiger partial charge in [-0.15, -0.1) is 11.6 Å². The third-order valence-corrected chi connectivity index (χ3v) is 4.93. The van der Waals surface area contributed by atoms with Crippen molar-refractivity contribution in [2.45, 2.75) is 52.4 Å². The quantitative estimate of drug-likeness (QED) is 0.539. The minimum absolute atomic E-state index is 0.0889. The van der Waals surface area contributed by atoms with Crippen molar-refractivity contribution in [3.8, 4) is 0 Å². The number of Topliss-reactive ketones (excluding diaryl/α,β-unsaturated/α-hetero) is 1. The molecule has 1 heterocycles. The zero-order chi connectivity index (χ0) is 16.8. The van der Waals surface area contributed by atoms with Crippen LogP contribution in [-0.4, -0.2) is 24.1 Å². The average Bonchev–Trinajstić information content (AvgIpc) is 2.59. The van der Waals surface area contributed by atoms with Gasteiger partial charge in [-0.1, -0.05) is 13.8 Å². The fraction of sp³-hybridized carbons (Fsp3) is 0.579. The van der Waals surface area contributed by atoms with Gasteiger partial charge in [0.15, 0.2) is 5.78 Å². The smallest absolute Gasteiger partial charge is 0.230 e. The minimum Gasteiger partial charge on any atom is -0.312 e. The predicted molar refractivity (Wildman–Crippen MR) is 95.5 cm³/mol. The van der Waals surface area contributed by atoms with Gasteiger partial charge in [-0.2, -0.15) is 0 Å². The van der Waals surface area contributed by atoms with Crippen LogP contribution in [0.1, 0.15) is 61.9 Å². The molecular weight excluding hydrogens is 310 g/mol. The highest BCUT2D eigenvalue weighted by molar-refractivity contribution is 6.18. The number of anilines is 1. The molecule has 0 unspecified atom stereocenters. The second-order valence-corrected chi connectivity index (χ2v) is 6.54. The van der Waals surface area contributed by atoms with Gasteiger partial charge in [0.1, 0.15) is 0 Å². The number of fused-ring (bicyclic) bond motifs is 1. The van der Waals surface area contributed by atoms with Gasteiger partial charge in [-0.05, 0) is 55.9 Å². The van der Waals surface area contributed by atoms with Crippen LogP contribution < -0.4 is 4.90 Å². The zero-order valence-corrected chi connectivity index (χ0v) is 14.9. The van der Waals surface area contributed by atoms with E-state index in [9.17, 15) is 9.59 Å². The van der Waals surface area contributed by atoms with Crippen molar-refractivity contribution in [2.24, 2.45) is 5.92 Å². The Morgan fingerprint density at radius 1 is 1.26 bits per heavy atom. The number of benzene rings is 1. The first kappa shape index (κ1) is 18.0. The molecule has 126 valence electrons. The van der Waals surface area contributed by atoms with Crippen LogP contribution >= 0.6 is 11.6 Å². The van der Waals surface area contributed by atoms with Crippen molar-refractivity contribution >= 4 is 29.0 Å². The normalized spacial score (nSPS) is 14.0. The summed E-state index contributed by atoms with van der Waals surface area (Å²) >= 11 is 5.66. The maximum atomic E-state index is 12.7. The van der Waals surface area contributed by atoms with Crippen LogP contribution in [0.2, 0.25) is 0 Å². The van der Waals surface area contributed by atoms with E-state index in [1.807, 2.05) is 23.1 Å². The molecule has 0 bridgehead atoms. The Morgan fingerprint density at radius 2 is 2.00 bits per heavy atom. The van der Waals surface area contributed by atoms with E-state index in [0.29, 0.717) is 18.7 Å². The maximum absolute atomic E-state index is 12.7. The van der Waals surface area contributed by atoms with E-state index in [1.165, 1.54) is 0 Å². The largest absolute Gasteiger partial charge is 0.312 e. The van der Waals surface area contributed by atoms with Crippen molar-refractivity contribution in [1.82, 2.24) is 0 Å². The molecule has 4 heteroatoms. The Kier molecular flexibility index (Phi) is 6.64. The summed E-state index contributed by atoms with van der Waals surface area (Å²) in [5.74, 6) is 0.953. The first-order chi connectivity index (χ1) is 11.1. The molecule has 0 saturated carbocycles. The lowest BCUT2D eigenvalue weighted by molar-refractivity contribution is -0.122.